The lowest BCUT2D eigenvalue weighted by atomic mass is 10.0. The van der Waals surface area contributed by atoms with E-state index in [0.717, 1.165) is 45.4 Å². The minimum absolute atomic E-state index is 0. The van der Waals surface area contributed by atoms with Gasteiger partial charge in [-0.2, -0.15) is 4.31 Å². The predicted molar refractivity (Wildman–Crippen MR) is 107 cm³/mol. The molecule has 1 amide bonds. The van der Waals surface area contributed by atoms with E-state index in [0.29, 0.717) is 23.9 Å². The lowest BCUT2D eigenvalue weighted by Gasteiger charge is -2.32. The van der Waals surface area contributed by atoms with Crippen LogP contribution in [0.4, 0.5) is 0 Å². The Morgan fingerprint density at radius 1 is 1.15 bits per heavy atom. The summed E-state index contributed by atoms with van der Waals surface area (Å²) < 4.78 is 27.7. The molecule has 0 aromatic heterocycles. The number of halogens is 1. The fraction of sp³-hybridized carbons (Fsp3) is 0.632. The zero-order valence-electron chi connectivity index (χ0n) is 15.6. The molecule has 8 heteroatoms. The summed E-state index contributed by atoms with van der Waals surface area (Å²) in [7, 11) is -3.55. The Bertz CT molecular complexity index is 789. The number of carbonyl (C=O) groups is 1. The number of piperidine rings is 1. The highest BCUT2D eigenvalue weighted by molar-refractivity contribution is 7.89. The van der Waals surface area contributed by atoms with E-state index in [1.807, 2.05) is 11.8 Å². The van der Waals surface area contributed by atoms with Crippen LogP contribution in [0.5, 0.6) is 0 Å². The van der Waals surface area contributed by atoms with E-state index in [4.69, 9.17) is 0 Å². The summed E-state index contributed by atoms with van der Waals surface area (Å²) in [5.41, 5.74) is 0.476. The summed E-state index contributed by atoms with van der Waals surface area (Å²) in [6.07, 6.45) is 2.85. The molecule has 1 unspecified atom stereocenters. The smallest absolute Gasteiger partial charge is 0.253 e. The van der Waals surface area contributed by atoms with Crippen LogP contribution >= 0.6 is 12.4 Å². The molecule has 1 aromatic carbocycles. The van der Waals surface area contributed by atoms with Crippen molar-refractivity contribution in [3.05, 3.63) is 29.8 Å². The van der Waals surface area contributed by atoms with Gasteiger partial charge in [-0.3, -0.25) is 4.79 Å². The number of hydrogen-bond acceptors (Lipinski definition) is 4. The summed E-state index contributed by atoms with van der Waals surface area (Å²) in [5, 5.41) is 3.37. The molecule has 0 saturated carbocycles. The third-order valence-corrected chi connectivity index (χ3v) is 8.12. The van der Waals surface area contributed by atoms with E-state index in [9.17, 15) is 13.2 Å². The van der Waals surface area contributed by atoms with Gasteiger partial charge in [0.2, 0.25) is 10.0 Å². The van der Waals surface area contributed by atoms with Gasteiger partial charge in [0.15, 0.2) is 0 Å². The average Bonchev–Trinajstić information content (AvgIpc) is 3.23. The fourth-order valence-electron chi connectivity index (χ4n) is 4.56. The van der Waals surface area contributed by atoms with Crippen molar-refractivity contribution in [1.29, 1.82) is 0 Å². The minimum atomic E-state index is -3.55. The molecule has 0 aliphatic carbocycles. The number of sulfonamides is 1. The number of amides is 1. The summed E-state index contributed by atoms with van der Waals surface area (Å²) in [5.74, 6) is 1.00. The molecule has 0 radical (unpaired) electrons. The Labute approximate surface area is 167 Å². The molecule has 3 fully saturated rings. The van der Waals surface area contributed by atoms with Crippen molar-refractivity contribution in [3.8, 4) is 0 Å². The van der Waals surface area contributed by atoms with Crippen molar-refractivity contribution in [1.82, 2.24) is 14.5 Å². The first kappa shape index (κ1) is 20.6. The van der Waals surface area contributed by atoms with E-state index in [2.05, 4.69) is 5.32 Å². The topological polar surface area (TPSA) is 69.7 Å². The van der Waals surface area contributed by atoms with Crippen LogP contribution in [0.2, 0.25) is 0 Å². The third kappa shape index (κ3) is 3.88. The SMILES string of the molecule is CC1CCCCN1S(=O)(=O)c1cccc(C(=O)N2C[C@H]3CNC[C@H]3C2)c1.Cl. The van der Waals surface area contributed by atoms with Crippen LogP contribution in [-0.2, 0) is 10.0 Å². The molecule has 150 valence electrons. The van der Waals surface area contributed by atoms with Crippen LogP contribution in [0.15, 0.2) is 29.2 Å². The molecule has 0 spiro atoms. The second-order valence-corrected chi connectivity index (χ2v) is 9.77. The summed E-state index contributed by atoms with van der Waals surface area (Å²) in [6.45, 7) is 5.98. The molecule has 3 saturated heterocycles. The lowest BCUT2D eigenvalue weighted by Crippen LogP contribution is -2.42. The van der Waals surface area contributed by atoms with Crippen molar-refractivity contribution in [2.75, 3.05) is 32.7 Å². The zero-order chi connectivity index (χ0) is 18.3. The van der Waals surface area contributed by atoms with Gasteiger partial charge in [-0.25, -0.2) is 8.42 Å². The fourth-order valence-corrected chi connectivity index (χ4v) is 6.30. The lowest BCUT2D eigenvalue weighted by molar-refractivity contribution is 0.0781. The Morgan fingerprint density at radius 3 is 2.52 bits per heavy atom. The van der Waals surface area contributed by atoms with Crippen LogP contribution in [0.1, 0.15) is 36.5 Å². The minimum Gasteiger partial charge on any atom is -0.338 e. The number of likely N-dealkylation sites (tertiary alicyclic amines) is 1. The monoisotopic (exact) mass is 413 g/mol. The van der Waals surface area contributed by atoms with Gasteiger partial charge in [-0.15, -0.1) is 12.4 Å². The standard InChI is InChI=1S/C19H27N3O3S.ClH/c1-14-5-2-3-8-22(14)26(24,25)18-7-4-6-15(9-18)19(23)21-12-16-10-20-11-17(16)13-21;/h4,6-7,9,14,16-17,20H,2-3,5,8,10-13H2,1H3;1H/t14?,16-,17+;. The maximum Gasteiger partial charge on any atom is 0.253 e. The third-order valence-electron chi connectivity index (χ3n) is 6.11. The van der Waals surface area contributed by atoms with Gasteiger partial charge in [0.25, 0.3) is 5.91 Å². The van der Waals surface area contributed by atoms with Gasteiger partial charge in [0, 0.05) is 44.3 Å². The number of rotatable bonds is 3. The highest BCUT2D eigenvalue weighted by Crippen LogP contribution is 2.29. The van der Waals surface area contributed by atoms with E-state index >= 15 is 0 Å². The summed E-state index contributed by atoms with van der Waals surface area (Å²) in [4.78, 5) is 15.0. The summed E-state index contributed by atoms with van der Waals surface area (Å²) >= 11 is 0. The van der Waals surface area contributed by atoms with Crippen LogP contribution in [-0.4, -0.2) is 62.3 Å². The highest BCUT2D eigenvalue weighted by Gasteiger charge is 2.38. The van der Waals surface area contributed by atoms with Gasteiger partial charge in [-0.1, -0.05) is 12.5 Å². The molecule has 3 atom stereocenters. The zero-order valence-corrected chi connectivity index (χ0v) is 17.3. The molecular formula is C19H28ClN3O3S. The quantitative estimate of drug-likeness (QED) is 0.822. The maximum absolute atomic E-state index is 13.0. The van der Waals surface area contributed by atoms with Crippen LogP contribution in [0.3, 0.4) is 0 Å². The molecule has 3 heterocycles. The van der Waals surface area contributed by atoms with E-state index in [1.54, 1.807) is 28.6 Å². The van der Waals surface area contributed by atoms with Gasteiger partial charge in [-0.05, 0) is 49.8 Å². The number of hydrogen-bond donors (Lipinski definition) is 1. The van der Waals surface area contributed by atoms with E-state index in [-0.39, 0.29) is 29.3 Å². The van der Waals surface area contributed by atoms with Gasteiger partial charge in [0.05, 0.1) is 4.90 Å². The Balaban J connectivity index is 0.00000210. The molecule has 1 N–H and O–H groups in total. The van der Waals surface area contributed by atoms with Crippen LogP contribution in [0.25, 0.3) is 0 Å². The number of fused-ring (bicyclic) bond motifs is 1. The van der Waals surface area contributed by atoms with E-state index < -0.39 is 10.0 Å². The van der Waals surface area contributed by atoms with Gasteiger partial charge < -0.3 is 10.2 Å². The predicted octanol–water partition coefficient (Wildman–Crippen LogP) is 1.96. The van der Waals surface area contributed by atoms with Crippen molar-refractivity contribution in [2.24, 2.45) is 11.8 Å². The number of nitrogens with one attached hydrogen (secondary N) is 1. The molecule has 4 rings (SSSR count). The second-order valence-electron chi connectivity index (χ2n) is 7.88. The number of nitrogens with zero attached hydrogens (tertiary/aromatic N) is 2. The number of benzene rings is 1. The number of carbonyl (C=O) groups excluding carboxylic acids is 1. The molecule has 27 heavy (non-hydrogen) atoms. The largest absolute Gasteiger partial charge is 0.338 e. The van der Waals surface area contributed by atoms with Crippen LogP contribution < -0.4 is 5.32 Å². The van der Waals surface area contributed by atoms with Gasteiger partial charge in [0.1, 0.15) is 0 Å². The first-order valence-electron chi connectivity index (χ1n) is 9.59. The average molecular weight is 414 g/mol. The highest BCUT2D eigenvalue weighted by atomic mass is 35.5. The Kier molecular flexibility index (Phi) is 6.15. The molecule has 6 nitrogen and oxygen atoms in total. The molecule has 0 bridgehead atoms. The molecule has 3 aliphatic rings. The normalized spacial score (nSPS) is 28.6. The van der Waals surface area contributed by atoms with Crippen molar-refractivity contribution < 1.29 is 13.2 Å². The Morgan fingerprint density at radius 2 is 1.85 bits per heavy atom. The molecular weight excluding hydrogens is 386 g/mol. The first-order chi connectivity index (χ1) is 12.5. The molecule has 1 aromatic rings. The second kappa shape index (κ2) is 8.07. The maximum atomic E-state index is 13.0. The first-order valence-corrected chi connectivity index (χ1v) is 11.0. The van der Waals surface area contributed by atoms with Crippen molar-refractivity contribution in [2.45, 2.75) is 37.1 Å². The van der Waals surface area contributed by atoms with Crippen molar-refractivity contribution >= 4 is 28.3 Å². The van der Waals surface area contributed by atoms with E-state index in [1.165, 1.54) is 0 Å². The van der Waals surface area contributed by atoms with Gasteiger partial charge >= 0.3 is 0 Å². The Hall–Kier alpha value is -1.15. The van der Waals surface area contributed by atoms with Crippen LogP contribution in [0, 0.1) is 11.8 Å². The van der Waals surface area contributed by atoms with Crippen molar-refractivity contribution in [3.63, 3.8) is 0 Å². The molecule has 3 aliphatic heterocycles. The summed E-state index contributed by atoms with van der Waals surface area (Å²) in [6, 6.07) is 6.60.